The van der Waals surface area contributed by atoms with Crippen molar-refractivity contribution >= 4 is 12.4 Å². The molecule has 0 radical (unpaired) electrons. The van der Waals surface area contributed by atoms with Gasteiger partial charge in [-0.1, -0.05) is 5.16 Å². The summed E-state index contributed by atoms with van der Waals surface area (Å²) in [5.74, 6) is 1.51. The van der Waals surface area contributed by atoms with Crippen LogP contribution in [0.15, 0.2) is 47.1 Å². The summed E-state index contributed by atoms with van der Waals surface area (Å²) in [7, 11) is 0. The normalized spacial score (nSPS) is 19.3. The lowest BCUT2D eigenvalue weighted by Gasteiger charge is -2.27. The second kappa shape index (κ2) is 8.43. The second-order valence-electron chi connectivity index (χ2n) is 5.91. The van der Waals surface area contributed by atoms with Crippen molar-refractivity contribution < 1.29 is 18.4 Å². The fraction of sp³-hybridized carbons (Fsp3) is 0.278. The van der Waals surface area contributed by atoms with E-state index in [1.54, 1.807) is 18.3 Å². The topological polar surface area (TPSA) is 82.3 Å². The molecule has 3 heterocycles. The van der Waals surface area contributed by atoms with Gasteiger partial charge in [-0.15, -0.1) is 12.4 Å². The molecule has 1 aliphatic heterocycles. The van der Waals surface area contributed by atoms with Crippen LogP contribution in [0.25, 0.3) is 11.4 Å². The molecule has 0 amide bonds. The molecule has 2 aromatic heterocycles. The summed E-state index contributed by atoms with van der Waals surface area (Å²) in [6.45, 7) is 3.37. The summed E-state index contributed by atoms with van der Waals surface area (Å²) in [6, 6.07) is 9.09. The molecule has 142 valence electrons. The number of morpholine rings is 1. The van der Waals surface area contributed by atoms with E-state index in [4.69, 9.17) is 14.0 Å². The highest BCUT2D eigenvalue weighted by molar-refractivity contribution is 5.85. The largest absolute Gasteiger partial charge is 0.439 e. The van der Waals surface area contributed by atoms with Crippen LogP contribution in [0.1, 0.15) is 18.9 Å². The highest BCUT2D eigenvalue weighted by atomic mass is 35.5. The second-order valence-corrected chi connectivity index (χ2v) is 5.91. The Morgan fingerprint density at radius 2 is 2.00 bits per heavy atom. The molecule has 0 aliphatic carbocycles. The van der Waals surface area contributed by atoms with E-state index in [-0.39, 0.29) is 30.4 Å². The number of halogens is 2. The van der Waals surface area contributed by atoms with Crippen molar-refractivity contribution in [3.63, 3.8) is 0 Å². The number of ether oxygens (including phenoxy) is 2. The Hall–Kier alpha value is -2.55. The van der Waals surface area contributed by atoms with E-state index in [1.165, 1.54) is 24.3 Å². The third-order valence-corrected chi connectivity index (χ3v) is 4.05. The number of pyridine rings is 1. The molecule has 0 bridgehead atoms. The number of aromatic nitrogens is 3. The molecule has 4 rings (SSSR count). The van der Waals surface area contributed by atoms with Gasteiger partial charge >= 0.3 is 0 Å². The van der Waals surface area contributed by atoms with Crippen LogP contribution in [0.4, 0.5) is 4.39 Å². The third-order valence-electron chi connectivity index (χ3n) is 4.05. The van der Waals surface area contributed by atoms with Gasteiger partial charge in [-0.25, -0.2) is 9.37 Å². The number of benzene rings is 1. The zero-order chi connectivity index (χ0) is 17.9. The predicted molar refractivity (Wildman–Crippen MR) is 97.4 cm³/mol. The number of rotatable bonds is 4. The standard InChI is InChI=1S/C18H17FN4O3.ClH/c1-11-16(20-8-9-24-11)18-22-17(23-26-18)12-2-7-15(21-10-12)25-14-5-3-13(19)4-6-14;/h2-7,10-11,16,20H,8-9H2,1H3;1H/t11-,16+;/m1./s1. The van der Waals surface area contributed by atoms with E-state index >= 15 is 0 Å². The van der Waals surface area contributed by atoms with Gasteiger partial charge in [-0.2, -0.15) is 4.98 Å². The van der Waals surface area contributed by atoms with E-state index in [9.17, 15) is 4.39 Å². The molecule has 3 aromatic rings. The minimum atomic E-state index is -0.319. The molecule has 7 nitrogen and oxygen atoms in total. The Labute approximate surface area is 161 Å². The SMILES string of the molecule is C[C@H]1OCCN[C@@H]1c1nc(-c2ccc(Oc3ccc(F)cc3)nc2)no1.Cl. The van der Waals surface area contributed by atoms with Gasteiger partial charge < -0.3 is 19.3 Å². The van der Waals surface area contributed by atoms with Crippen molar-refractivity contribution in [2.45, 2.75) is 19.1 Å². The lowest BCUT2D eigenvalue weighted by atomic mass is 10.1. The first-order chi connectivity index (χ1) is 12.7. The van der Waals surface area contributed by atoms with Crippen LogP contribution in [0.2, 0.25) is 0 Å². The van der Waals surface area contributed by atoms with Gasteiger partial charge in [0.1, 0.15) is 17.6 Å². The summed E-state index contributed by atoms with van der Waals surface area (Å²) in [4.78, 5) is 8.67. The summed E-state index contributed by atoms with van der Waals surface area (Å²) in [6.07, 6.45) is 1.56. The monoisotopic (exact) mass is 392 g/mol. The number of hydrogen-bond acceptors (Lipinski definition) is 7. The van der Waals surface area contributed by atoms with Crippen molar-refractivity contribution in [2.75, 3.05) is 13.2 Å². The Morgan fingerprint density at radius 1 is 1.19 bits per heavy atom. The highest BCUT2D eigenvalue weighted by Crippen LogP contribution is 2.25. The molecular weight excluding hydrogens is 375 g/mol. The maximum atomic E-state index is 12.9. The average Bonchev–Trinajstić information content (AvgIpc) is 3.14. The molecular formula is C18H18ClFN4O3. The minimum absolute atomic E-state index is 0. The quantitative estimate of drug-likeness (QED) is 0.727. The van der Waals surface area contributed by atoms with E-state index in [0.29, 0.717) is 35.5 Å². The van der Waals surface area contributed by atoms with Crippen LogP contribution in [0, 0.1) is 5.82 Å². The van der Waals surface area contributed by atoms with E-state index in [2.05, 4.69) is 20.4 Å². The first-order valence-electron chi connectivity index (χ1n) is 8.27. The summed E-state index contributed by atoms with van der Waals surface area (Å²) < 4.78 is 29.5. The maximum absolute atomic E-state index is 12.9. The van der Waals surface area contributed by atoms with Crippen molar-refractivity contribution in [2.24, 2.45) is 0 Å². The van der Waals surface area contributed by atoms with Crippen molar-refractivity contribution in [3.8, 4) is 23.0 Å². The lowest BCUT2D eigenvalue weighted by Crippen LogP contribution is -2.40. The van der Waals surface area contributed by atoms with Crippen LogP contribution in [0.3, 0.4) is 0 Å². The first-order valence-corrected chi connectivity index (χ1v) is 8.27. The van der Waals surface area contributed by atoms with Gasteiger partial charge in [0, 0.05) is 24.4 Å². The predicted octanol–water partition coefficient (Wildman–Crippen LogP) is 3.53. The Kier molecular flexibility index (Phi) is 6.00. The van der Waals surface area contributed by atoms with Gasteiger partial charge in [0.05, 0.1) is 12.7 Å². The molecule has 2 atom stereocenters. The van der Waals surface area contributed by atoms with E-state index in [0.717, 1.165) is 6.54 Å². The Morgan fingerprint density at radius 3 is 2.70 bits per heavy atom. The van der Waals surface area contributed by atoms with Crippen LogP contribution < -0.4 is 10.1 Å². The molecule has 9 heteroatoms. The average molecular weight is 393 g/mol. The van der Waals surface area contributed by atoms with Crippen molar-refractivity contribution in [3.05, 3.63) is 54.3 Å². The molecule has 1 aliphatic rings. The number of hydrogen-bond donors (Lipinski definition) is 1. The fourth-order valence-corrected chi connectivity index (χ4v) is 2.68. The number of nitrogens with zero attached hydrogens (tertiary/aromatic N) is 3. The van der Waals surface area contributed by atoms with Gasteiger partial charge in [-0.05, 0) is 37.3 Å². The van der Waals surface area contributed by atoms with Crippen LogP contribution in [0.5, 0.6) is 11.6 Å². The number of nitrogens with one attached hydrogen (secondary N) is 1. The summed E-state index contributed by atoms with van der Waals surface area (Å²) in [5.41, 5.74) is 0.704. The van der Waals surface area contributed by atoms with Crippen LogP contribution in [-0.4, -0.2) is 34.4 Å². The smallest absolute Gasteiger partial charge is 0.246 e. The zero-order valence-electron chi connectivity index (χ0n) is 14.5. The van der Waals surface area contributed by atoms with Crippen molar-refractivity contribution in [1.29, 1.82) is 0 Å². The minimum Gasteiger partial charge on any atom is -0.439 e. The highest BCUT2D eigenvalue weighted by Gasteiger charge is 2.28. The molecule has 1 saturated heterocycles. The Bertz CT molecular complexity index is 873. The first kappa shape index (κ1) is 19.2. The van der Waals surface area contributed by atoms with Gasteiger partial charge in [0.25, 0.3) is 0 Å². The molecule has 1 N–H and O–H groups in total. The van der Waals surface area contributed by atoms with E-state index < -0.39 is 0 Å². The third kappa shape index (κ3) is 4.41. The fourth-order valence-electron chi connectivity index (χ4n) is 2.68. The molecule has 1 fully saturated rings. The maximum Gasteiger partial charge on any atom is 0.246 e. The van der Waals surface area contributed by atoms with Gasteiger partial charge in [-0.3, -0.25) is 0 Å². The van der Waals surface area contributed by atoms with Crippen LogP contribution in [-0.2, 0) is 4.74 Å². The van der Waals surface area contributed by atoms with E-state index in [1.807, 2.05) is 6.92 Å². The van der Waals surface area contributed by atoms with Crippen LogP contribution >= 0.6 is 12.4 Å². The summed E-state index contributed by atoms with van der Waals surface area (Å²) in [5, 5.41) is 7.32. The molecule has 1 aromatic carbocycles. The summed E-state index contributed by atoms with van der Waals surface area (Å²) >= 11 is 0. The zero-order valence-corrected chi connectivity index (χ0v) is 15.3. The molecule has 0 unspecified atom stereocenters. The molecule has 0 saturated carbocycles. The Balaban J connectivity index is 0.00000210. The lowest BCUT2D eigenvalue weighted by molar-refractivity contribution is -0.00136. The van der Waals surface area contributed by atoms with Gasteiger partial charge in [0.15, 0.2) is 0 Å². The molecule has 0 spiro atoms. The van der Waals surface area contributed by atoms with Gasteiger partial charge in [0.2, 0.25) is 17.6 Å². The van der Waals surface area contributed by atoms with Crippen molar-refractivity contribution in [1.82, 2.24) is 20.4 Å². The molecule has 27 heavy (non-hydrogen) atoms.